The van der Waals surface area contributed by atoms with Gasteiger partial charge in [-0.05, 0) is 28.8 Å². The van der Waals surface area contributed by atoms with Crippen molar-refractivity contribution in [2.45, 2.75) is 106 Å². The zero-order chi connectivity index (χ0) is 49.3. The van der Waals surface area contributed by atoms with Gasteiger partial charge in [0.1, 0.15) is 49.4 Å². The average molecular weight is 1020 g/mol. The van der Waals surface area contributed by atoms with Crippen molar-refractivity contribution in [3.05, 3.63) is 138 Å². The van der Waals surface area contributed by atoms with Gasteiger partial charge in [0, 0.05) is 27.0 Å². The van der Waals surface area contributed by atoms with Gasteiger partial charge in [-0.3, -0.25) is 14.4 Å². The van der Waals surface area contributed by atoms with E-state index in [1.165, 1.54) is 12.3 Å². The number of benzene rings is 3. The predicted octanol–water partition coefficient (Wildman–Crippen LogP) is 6.35. The minimum atomic E-state index is -2.04. The van der Waals surface area contributed by atoms with E-state index >= 15 is 0 Å². The smallest absolute Gasteiger partial charge is 0.407 e. The molecule has 3 heterocycles. The topological polar surface area (TPSA) is 212 Å². The molecule has 4 aromatic rings. The second-order valence-corrected chi connectivity index (χ2v) is 18.2. The molecule has 2 aliphatic rings. The fourth-order valence-corrected chi connectivity index (χ4v) is 7.49. The maximum Gasteiger partial charge on any atom is 0.407 e. The molecule has 2 saturated heterocycles. The Morgan fingerprint density at radius 1 is 0.580 bits per heavy atom. The third-order valence-corrected chi connectivity index (χ3v) is 10.6. The molecule has 2 aliphatic heterocycles. The van der Waals surface area contributed by atoms with Crippen LogP contribution in [-0.4, -0.2) is 120 Å². The molecule has 6 rings (SSSR count). The van der Waals surface area contributed by atoms with Gasteiger partial charge in [0.05, 0.1) is 26.4 Å². The zero-order valence-electron chi connectivity index (χ0n) is 37.6. The van der Waals surface area contributed by atoms with E-state index in [4.69, 9.17) is 86.9 Å². The molecule has 69 heavy (non-hydrogen) atoms. The van der Waals surface area contributed by atoms with Crippen molar-refractivity contribution in [2.75, 3.05) is 19.8 Å². The van der Waals surface area contributed by atoms with Crippen LogP contribution in [0.1, 0.15) is 48.0 Å². The van der Waals surface area contributed by atoms with Gasteiger partial charge in [-0.25, -0.2) is 14.6 Å². The zero-order valence-corrected chi connectivity index (χ0v) is 39.9. The fraction of sp³-hybridized carbons (Fsp3) is 0.417. The highest BCUT2D eigenvalue weighted by molar-refractivity contribution is 6.67. The molecule has 1 N–H and O–H groups in total. The average Bonchev–Trinajstić information content (AvgIpc) is 3.32. The molecule has 0 radical (unpaired) electrons. The molecule has 3 aromatic carbocycles. The Morgan fingerprint density at radius 2 is 1.10 bits per heavy atom. The molecule has 0 aliphatic carbocycles. The molecule has 1 aromatic heterocycles. The summed E-state index contributed by atoms with van der Waals surface area (Å²) in [5.74, 6) is -3.27. The van der Waals surface area contributed by atoms with Gasteiger partial charge < -0.3 is 57.4 Å². The van der Waals surface area contributed by atoms with Crippen LogP contribution in [0.25, 0.3) is 0 Å². The van der Waals surface area contributed by atoms with Crippen LogP contribution in [0.15, 0.2) is 115 Å². The molecular weight excluding hydrogens is 967 g/mol. The Bertz CT molecular complexity index is 2260. The SMILES string of the molecule is CC(=O)OC[C@H]1O[C@@H](O[C@@H]2O[C@H](COCc3ccccc3)[C@@H](OC(=O)c3ccccn3)[C@H](OCc3ccccc3)[C@H]2OCc2ccccc2)[C@H](NC(=O)OCC(Cl)(Cl)Cl)[C@@H](OC(C)=O)[C@@H]1OC(C)=O. The maximum atomic E-state index is 14.0. The minimum absolute atomic E-state index is 0.00721. The first kappa shape index (κ1) is 53.0. The monoisotopic (exact) mass is 1020 g/mol. The van der Waals surface area contributed by atoms with Crippen molar-refractivity contribution in [1.29, 1.82) is 0 Å². The van der Waals surface area contributed by atoms with Crippen molar-refractivity contribution in [3.8, 4) is 0 Å². The Labute approximate surface area is 412 Å². The first-order valence-corrected chi connectivity index (χ1v) is 22.8. The van der Waals surface area contributed by atoms with Crippen LogP contribution >= 0.6 is 34.8 Å². The number of ether oxygens (including phenoxy) is 11. The molecule has 2 fully saturated rings. The molecule has 0 unspecified atom stereocenters. The summed E-state index contributed by atoms with van der Waals surface area (Å²) in [7, 11) is 0. The van der Waals surface area contributed by atoms with Gasteiger partial charge in [0.25, 0.3) is 0 Å². The first-order valence-electron chi connectivity index (χ1n) is 21.6. The number of nitrogens with one attached hydrogen (secondary N) is 1. The van der Waals surface area contributed by atoms with E-state index in [1.807, 2.05) is 91.0 Å². The lowest BCUT2D eigenvalue weighted by atomic mass is 9.95. The third-order valence-electron chi connectivity index (χ3n) is 10.3. The summed E-state index contributed by atoms with van der Waals surface area (Å²) in [5, 5.41) is 2.53. The Morgan fingerprint density at radius 3 is 1.65 bits per heavy atom. The van der Waals surface area contributed by atoms with Crippen molar-refractivity contribution < 1.29 is 76.1 Å². The number of carbonyl (C=O) groups excluding carboxylic acids is 5. The maximum absolute atomic E-state index is 14.0. The summed E-state index contributed by atoms with van der Waals surface area (Å²) in [5.41, 5.74) is 2.29. The second-order valence-electron chi connectivity index (χ2n) is 15.6. The van der Waals surface area contributed by atoms with Crippen molar-refractivity contribution in [3.63, 3.8) is 0 Å². The van der Waals surface area contributed by atoms with Crippen LogP contribution in [0.2, 0.25) is 0 Å². The number of hydrogen-bond acceptors (Lipinski definition) is 17. The predicted molar refractivity (Wildman–Crippen MR) is 244 cm³/mol. The van der Waals surface area contributed by atoms with Gasteiger partial charge in [-0.1, -0.05) is 132 Å². The van der Waals surface area contributed by atoms with Crippen LogP contribution in [0.5, 0.6) is 0 Å². The van der Waals surface area contributed by atoms with Gasteiger partial charge in [-0.2, -0.15) is 0 Å². The molecule has 0 saturated carbocycles. The van der Waals surface area contributed by atoms with E-state index in [0.29, 0.717) is 0 Å². The molecule has 370 valence electrons. The van der Waals surface area contributed by atoms with Crippen LogP contribution in [0.4, 0.5) is 4.79 Å². The van der Waals surface area contributed by atoms with Crippen molar-refractivity contribution >= 4 is 64.8 Å². The number of amides is 1. The third kappa shape index (κ3) is 16.6. The summed E-state index contributed by atoms with van der Waals surface area (Å²) in [6.07, 6.45) is -12.7. The number of alkyl carbamates (subject to hydrolysis) is 1. The van der Waals surface area contributed by atoms with Gasteiger partial charge >= 0.3 is 30.0 Å². The highest BCUT2D eigenvalue weighted by atomic mass is 35.6. The molecule has 0 spiro atoms. The van der Waals surface area contributed by atoms with E-state index in [9.17, 15) is 24.0 Å². The Kier molecular flexibility index (Phi) is 19.9. The van der Waals surface area contributed by atoms with E-state index in [-0.39, 0.29) is 32.1 Å². The van der Waals surface area contributed by atoms with Crippen LogP contribution in [-0.2, 0) is 86.3 Å². The molecule has 18 nitrogen and oxygen atoms in total. The number of nitrogens with zero attached hydrogens (tertiary/aromatic N) is 1. The van der Waals surface area contributed by atoms with Gasteiger partial charge in [0.15, 0.2) is 30.9 Å². The Hall–Kier alpha value is -5.41. The minimum Gasteiger partial charge on any atom is -0.463 e. The molecule has 21 heteroatoms. The highest BCUT2D eigenvalue weighted by Crippen LogP contribution is 2.36. The summed E-state index contributed by atoms with van der Waals surface area (Å²) >= 11 is 17.7. The summed E-state index contributed by atoms with van der Waals surface area (Å²) < 4.78 is 65.6. The number of rotatable bonds is 20. The summed E-state index contributed by atoms with van der Waals surface area (Å²) in [6.45, 7) is 1.83. The van der Waals surface area contributed by atoms with E-state index in [1.54, 1.807) is 12.1 Å². The Balaban J connectivity index is 1.46. The largest absolute Gasteiger partial charge is 0.463 e. The number of aromatic nitrogens is 1. The lowest BCUT2D eigenvalue weighted by Crippen LogP contribution is -2.69. The number of pyridine rings is 1. The van der Waals surface area contributed by atoms with Gasteiger partial charge in [0.2, 0.25) is 3.79 Å². The molecule has 0 bridgehead atoms. The summed E-state index contributed by atoms with van der Waals surface area (Å²) in [4.78, 5) is 69.3. The fourth-order valence-electron chi connectivity index (χ4n) is 7.33. The number of esters is 4. The number of alkyl halides is 3. The quantitative estimate of drug-likeness (QED) is 0.0580. The number of halogens is 3. The number of carbonyl (C=O) groups is 5. The molecule has 1 amide bonds. The van der Waals surface area contributed by atoms with Gasteiger partial charge in [-0.15, -0.1) is 0 Å². The van der Waals surface area contributed by atoms with Crippen LogP contribution in [0.3, 0.4) is 0 Å². The van der Waals surface area contributed by atoms with Crippen LogP contribution in [0, 0.1) is 0 Å². The van der Waals surface area contributed by atoms with Crippen LogP contribution < -0.4 is 5.32 Å². The van der Waals surface area contributed by atoms with E-state index in [0.717, 1.165) is 37.5 Å². The van der Waals surface area contributed by atoms with Crippen molar-refractivity contribution in [1.82, 2.24) is 10.3 Å². The lowest BCUT2D eigenvalue weighted by molar-refractivity contribution is -0.372. The van der Waals surface area contributed by atoms with E-state index < -0.39 is 108 Å². The molecule has 10 atom stereocenters. The molecular formula is C48H51Cl3N2O16. The van der Waals surface area contributed by atoms with E-state index in [2.05, 4.69) is 10.3 Å². The second kappa shape index (κ2) is 26.0. The normalized spacial score (nSPS) is 24.6. The lowest BCUT2D eigenvalue weighted by Gasteiger charge is -2.49. The number of hydrogen-bond donors (Lipinski definition) is 1. The summed E-state index contributed by atoms with van der Waals surface area (Å²) in [6, 6.07) is 30.7. The standard InChI is InChI=1S/C48H51Cl3N2O16/c1-29(54)60-27-37-39(64-30(2)55)41(65-31(3)56)38(53-47(58)63-28-48(49,50)51)45(66-37)69-46-43(62-25-34-19-11-6-12-20-34)42(61-24-33-17-9-5-10-18-33)40(68-44(57)35-21-13-14-22-52-35)36(67-46)26-59-23-32-15-7-4-8-16-32/h4-22,36-43,45-46H,23-28H2,1-3H3,(H,53,58)/t36-,37-,38-,39-,40-,41-,42+,43-,45+,46+/m1/s1. The van der Waals surface area contributed by atoms with Crippen molar-refractivity contribution in [2.24, 2.45) is 0 Å². The first-order chi connectivity index (χ1) is 33.1. The highest BCUT2D eigenvalue weighted by Gasteiger charge is 2.56.